The second-order valence-corrected chi connectivity index (χ2v) is 8.02. The number of nitrogens with zero attached hydrogens (tertiary/aromatic N) is 1. The van der Waals surface area contributed by atoms with Crippen molar-refractivity contribution in [2.24, 2.45) is 4.99 Å². The molecule has 0 atom stereocenters. The van der Waals surface area contributed by atoms with Gasteiger partial charge in [0.1, 0.15) is 5.75 Å². The molecule has 0 spiro atoms. The summed E-state index contributed by atoms with van der Waals surface area (Å²) in [4.78, 5) is 20.9. The Bertz CT molecular complexity index is 1270. The maximum absolute atomic E-state index is 12.9. The van der Waals surface area contributed by atoms with Gasteiger partial charge < -0.3 is 15.0 Å². The molecule has 0 saturated carbocycles. The van der Waals surface area contributed by atoms with Crippen LogP contribution in [0.2, 0.25) is 0 Å². The van der Waals surface area contributed by atoms with Crippen LogP contribution in [0.4, 0.5) is 5.69 Å². The Morgan fingerprint density at radius 3 is 2.45 bits per heavy atom. The van der Waals surface area contributed by atoms with Crippen LogP contribution in [0.1, 0.15) is 27.0 Å². The number of rotatable bonds is 6. The van der Waals surface area contributed by atoms with Gasteiger partial charge >= 0.3 is 0 Å². The highest BCUT2D eigenvalue weighted by atomic mass is 16.5. The highest BCUT2D eigenvalue weighted by molar-refractivity contribution is 6.10. The molecular weight excluding hydrogens is 412 g/mol. The zero-order valence-electron chi connectivity index (χ0n) is 19.1. The predicted molar refractivity (Wildman–Crippen MR) is 134 cm³/mol. The van der Waals surface area contributed by atoms with Crippen LogP contribution in [-0.4, -0.2) is 30.5 Å². The number of carbonyl (C=O) groups is 1. The summed E-state index contributed by atoms with van der Waals surface area (Å²) in [7, 11) is 1.60. The number of H-pyrrole nitrogens is 1. The van der Waals surface area contributed by atoms with Crippen molar-refractivity contribution in [3.8, 4) is 5.75 Å². The second kappa shape index (κ2) is 10.0. The Hall–Kier alpha value is -4.06. The number of amides is 1. The van der Waals surface area contributed by atoms with Crippen LogP contribution in [-0.2, 0) is 6.42 Å². The summed E-state index contributed by atoms with van der Waals surface area (Å²) in [5.74, 6) is 0.883. The van der Waals surface area contributed by atoms with E-state index in [2.05, 4.69) is 33.8 Å². The Labute approximate surface area is 193 Å². The summed E-state index contributed by atoms with van der Waals surface area (Å²) in [6, 6.07) is 21.4. The van der Waals surface area contributed by atoms with E-state index in [0.717, 1.165) is 28.8 Å². The lowest BCUT2D eigenvalue weighted by atomic mass is 10.1. The number of hydrogen-bond acceptors (Lipinski definition) is 3. The molecule has 4 aromatic rings. The van der Waals surface area contributed by atoms with E-state index in [0.29, 0.717) is 23.8 Å². The molecule has 0 aliphatic heterocycles. The van der Waals surface area contributed by atoms with Crippen molar-refractivity contribution in [3.63, 3.8) is 0 Å². The van der Waals surface area contributed by atoms with E-state index in [1.54, 1.807) is 31.4 Å². The number of methoxy groups -OCH3 is 1. The molecule has 6 heteroatoms. The van der Waals surface area contributed by atoms with Gasteiger partial charge in [-0.05, 0) is 79.4 Å². The SMILES string of the molecule is COc1ccc(C(=O)NC(=NCCc2c[nH]c3ccccc23)Nc2cc(C)cc(C)c2)cc1. The zero-order chi connectivity index (χ0) is 23.2. The molecule has 1 amide bonds. The van der Waals surface area contributed by atoms with Gasteiger partial charge in [-0.1, -0.05) is 24.3 Å². The van der Waals surface area contributed by atoms with Gasteiger partial charge in [-0.25, -0.2) is 0 Å². The number of hydrogen-bond donors (Lipinski definition) is 3. The summed E-state index contributed by atoms with van der Waals surface area (Å²) in [6.45, 7) is 4.61. The molecule has 168 valence electrons. The van der Waals surface area contributed by atoms with Crippen LogP contribution >= 0.6 is 0 Å². The van der Waals surface area contributed by atoms with Crippen molar-refractivity contribution in [3.05, 3.63) is 95.2 Å². The Balaban J connectivity index is 1.53. The van der Waals surface area contributed by atoms with E-state index < -0.39 is 0 Å². The van der Waals surface area contributed by atoms with E-state index in [1.165, 1.54) is 10.9 Å². The highest BCUT2D eigenvalue weighted by Gasteiger charge is 2.11. The first-order valence-electron chi connectivity index (χ1n) is 10.9. The minimum absolute atomic E-state index is 0.236. The largest absolute Gasteiger partial charge is 0.497 e. The number of anilines is 1. The minimum Gasteiger partial charge on any atom is -0.497 e. The first kappa shape index (κ1) is 22.1. The normalized spacial score (nSPS) is 11.4. The standard InChI is InChI=1S/C27H28N4O2/c1-18-14-19(2)16-22(15-18)30-27(31-26(32)20-8-10-23(33-3)11-9-20)28-13-12-21-17-29-25-7-5-4-6-24(21)25/h4-11,14-17,29H,12-13H2,1-3H3,(H2,28,30,31,32). The molecule has 0 saturated heterocycles. The third-order valence-electron chi connectivity index (χ3n) is 5.39. The van der Waals surface area contributed by atoms with Crippen molar-refractivity contribution >= 4 is 28.5 Å². The van der Waals surface area contributed by atoms with Crippen LogP contribution in [0.25, 0.3) is 10.9 Å². The first-order chi connectivity index (χ1) is 16.0. The molecule has 0 bridgehead atoms. The average Bonchev–Trinajstić information content (AvgIpc) is 3.21. The molecule has 3 N–H and O–H groups in total. The molecular formula is C27H28N4O2. The van der Waals surface area contributed by atoms with Crippen LogP contribution in [0, 0.1) is 13.8 Å². The number of para-hydroxylation sites is 1. The number of carbonyl (C=O) groups excluding carboxylic acids is 1. The molecule has 6 nitrogen and oxygen atoms in total. The lowest BCUT2D eigenvalue weighted by Crippen LogP contribution is -2.36. The molecule has 4 rings (SSSR count). The number of guanidine groups is 1. The summed E-state index contributed by atoms with van der Waals surface area (Å²) < 4.78 is 5.18. The molecule has 1 heterocycles. The fourth-order valence-corrected chi connectivity index (χ4v) is 3.84. The zero-order valence-corrected chi connectivity index (χ0v) is 19.1. The lowest BCUT2D eigenvalue weighted by Gasteiger charge is -2.13. The van der Waals surface area contributed by atoms with Crippen molar-refractivity contribution in [1.29, 1.82) is 0 Å². The molecule has 0 unspecified atom stereocenters. The fraction of sp³-hybridized carbons (Fsp3) is 0.185. The van der Waals surface area contributed by atoms with Gasteiger partial charge in [0.25, 0.3) is 5.91 Å². The summed E-state index contributed by atoms with van der Waals surface area (Å²) in [5.41, 5.74) is 5.99. The topological polar surface area (TPSA) is 78.5 Å². The molecule has 33 heavy (non-hydrogen) atoms. The molecule has 0 fully saturated rings. The van der Waals surface area contributed by atoms with E-state index in [4.69, 9.17) is 9.73 Å². The van der Waals surface area contributed by atoms with Crippen molar-refractivity contribution in [2.45, 2.75) is 20.3 Å². The second-order valence-electron chi connectivity index (χ2n) is 8.02. The van der Waals surface area contributed by atoms with Crippen LogP contribution < -0.4 is 15.4 Å². The number of ether oxygens (including phenoxy) is 1. The number of aromatic amines is 1. The summed E-state index contributed by atoms with van der Waals surface area (Å²) in [6.07, 6.45) is 2.77. The summed E-state index contributed by atoms with van der Waals surface area (Å²) >= 11 is 0. The van der Waals surface area contributed by atoms with Crippen molar-refractivity contribution in [2.75, 3.05) is 19.0 Å². The van der Waals surface area contributed by atoms with E-state index in [1.807, 2.05) is 44.3 Å². The number of benzene rings is 3. The van der Waals surface area contributed by atoms with Crippen LogP contribution in [0.3, 0.4) is 0 Å². The van der Waals surface area contributed by atoms with Gasteiger partial charge in [0.2, 0.25) is 5.96 Å². The molecule has 0 aliphatic rings. The molecule has 0 aliphatic carbocycles. The number of aryl methyl sites for hydroxylation is 2. The van der Waals surface area contributed by atoms with E-state index in [-0.39, 0.29) is 5.91 Å². The maximum Gasteiger partial charge on any atom is 0.257 e. The number of aromatic nitrogens is 1. The average molecular weight is 441 g/mol. The van der Waals surface area contributed by atoms with Crippen LogP contribution in [0.5, 0.6) is 5.75 Å². The van der Waals surface area contributed by atoms with Gasteiger partial charge in [0.15, 0.2) is 0 Å². The smallest absolute Gasteiger partial charge is 0.257 e. The van der Waals surface area contributed by atoms with Gasteiger partial charge in [0.05, 0.1) is 7.11 Å². The minimum atomic E-state index is -0.236. The number of fused-ring (bicyclic) bond motifs is 1. The fourth-order valence-electron chi connectivity index (χ4n) is 3.84. The Morgan fingerprint density at radius 1 is 1.00 bits per heavy atom. The monoisotopic (exact) mass is 440 g/mol. The Morgan fingerprint density at radius 2 is 1.73 bits per heavy atom. The molecule has 1 aromatic heterocycles. The third kappa shape index (κ3) is 5.60. The lowest BCUT2D eigenvalue weighted by molar-refractivity contribution is 0.0977. The van der Waals surface area contributed by atoms with Gasteiger partial charge in [-0.3, -0.25) is 15.1 Å². The van der Waals surface area contributed by atoms with E-state index >= 15 is 0 Å². The number of nitrogens with one attached hydrogen (secondary N) is 3. The quantitative estimate of drug-likeness (QED) is 0.284. The number of aliphatic imine (C=N–C) groups is 1. The van der Waals surface area contributed by atoms with Gasteiger partial charge in [-0.2, -0.15) is 0 Å². The predicted octanol–water partition coefficient (Wildman–Crippen LogP) is 5.23. The first-order valence-corrected chi connectivity index (χ1v) is 10.9. The maximum atomic E-state index is 12.9. The van der Waals surface area contributed by atoms with Crippen LogP contribution in [0.15, 0.2) is 77.9 Å². The third-order valence-corrected chi connectivity index (χ3v) is 5.39. The van der Waals surface area contributed by atoms with Gasteiger partial charge in [0, 0.05) is 34.9 Å². The summed E-state index contributed by atoms with van der Waals surface area (Å²) in [5, 5.41) is 7.41. The molecule has 0 radical (unpaired) electrons. The van der Waals surface area contributed by atoms with Crippen molar-refractivity contribution < 1.29 is 9.53 Å². The molecule has 3 aromatic carbocycles. The van der Waals surface area contributed by atoms with Crippen molar-refractivity contribution in [1.82, 2.24) is 10.3 Å². The Kier molecular flexibility index (Phi) is 6.74. The van der Waals surface area contributed by atoms with Gasteiger partial charge in [-0.15, -0.1) is 0 Å². The highest BCUT2D eigenvalue weighted by Crippen LogP contribution is 2.18. The van der Waals surface area contributed by atoms with E-state index in [9.17, 15) is 4.79 Å².